The average molecular weight is 401 g/mol. The van der Waals surface area contributed by atoms with Crippen molar-refractivity contribution in [1.82, 2.24) is 5.32 Å². The normalized spacial score (nSPS) is 12.4. The van der Waals surface area contributed by atoms with Crippen LogP contribution in [0, 0.1) is 0 Å². The molecule has 0 unspecified atom stereocenters. The van der Waals surface area contributed by atoms with Gasteiger partial charge in [0.05, 0.1) is 12.7 Å². The summed E-state index contributed by atoms with van der Waals surface area (Å²) < 4.78 is 43.5. The van der Waals surface area contributed by atoms with Gasteiger partial charge < -0.3 is 10.1 Å². The Bertz CT molecular complexity index is 1050. The molecule has 0 bridgehead atoms. The third-order valence-corrected chi connectivity index (χ3v) is 4.50. The lowest BCUT2D eigenvalue weighted by Gasteiger charge is -2.17. The maximum Gasteiger partial charge on any atom is 0.416 e. The number of esters is 1. The van der Waals surface area contributed by atoms with Crippen LogP contribution in [0.3, 0.4) is 0 Å². The average Bonchev–Trinajstić information content (AvgIpc) is 2.71. The Balaban J connectivity index is 1.81. The van der Waals surface area contributed by atoms with Gasteiger partial charge in [-0.05, 0) is 34.5 Å². The highest BCUT2D eigenvalue weighted by Gasteiger charge is 2.31. The predicted molar refractivity (Wildman–Crippen MR) is 102 cm³/mol. The van der Waals surface area contributed by atoms with Crippen LogP contribution >= 0.6 is 0 Å². The van der Waals surface area contributed by atoms with Crippen molar-refractivity contribution in [3.8, 4) is 0 Å². The summed E-state index contributed by atoms with van der Waals surface area (Å²) in [4.78, 5) is 24.8. The van der Waals surface area contributed by atoms with Gasteiger partial charge >= 0.3 is 12.1 Å². The van der Waals surface area contributed by atoms with E-state index in [1.165, 1.54) is 12.1 Å². The van der Waals surface area contributed by atoms with Gasteiger partial charge in [-0.3, -0.25) is 4.79 Å². The summed E-state index contributed by atoms with van der Waals surface area (Å²) in [6, 6.07) is 16.1. The zero-order chi connectivity index (χ0) is 21.0. The molecule has 1 atom stereocenters. The Morgan fingerprint density at radius 2 is 1.69 bits per heavy atom. The number of carbonyl (C=O) groups is 2. The molecule has 1 N–H and O–H groups in total. The molecule has 0 spiro atoms. The third-order valence-electron chi connectivity index (χ3n) is 4.50. The van der Waals surface area contributed by atoms with E-state index in [1.54, 1.807) is 18.2 Å². The topological polar surface area (TPSA) is 55.4 Å². The fourth-order valence-electron chi connectivity index (χ4n) is 3.02. The number of fused-ring (bicyclic) bond motifs is 1. The highest BCUT2D eigenvalue weighted by Crippen LogP contribution is 2.29. The standard InChI is InChI=1S/C22H18F3NO3/c1-29-21(28)19(12-14-5-4-8-18(11-14)22(23,24)25)26-20(27)17-10-9-15-6-2-3-7-16(15)13-17/h2-11,13,19H,12H2,1H3,(H,26,27)/t19-/m1/s1. The van der Waals surface area contributed by atoms with Gasteiger partial charge in [-0.15, -0.1) is 0 Å². The van der Waals surface area contributed by atoms with Crippen LogP contribution in [0.1, 0.15) is 21.5 Å². The van der Waals surface area contributed by atoms with E-state index in [0.29, 0.717) is 5.56 Å². The number of carbonyl (C=O) groups excluding carboxylic acids is 2. The molecule has 3 rings (SSSR count). The van der Waals surface area contributed by atoms with E-state index in [4.69, 9.17) is 4.74 Å². The van der Waals surface area contributed by atoms with E-state index in [2.05, 4.69) is 5.32 Å². The maximum atomic E-state index is 12.9. The molecule has 4 nitrogen and oxygen atoms in total. The van der Waals surface area contributed by atoms with Crippen LogP contribution in [0.25, 0.3) is 10.8 Å². The molecule has 7 heteroatoms. The first-order valence-electron chi connectivity index (χ1n) is 8.81. The molecule has 0 heterocycles. The molecule has 0 aromatic heterocycles. The number of methoxy groups -OCH3 is 1. The van der Waals surface area contributed by atoms with E-state index in [0.717, 1.165) is 30.0 Å². The summed E-state index contributed by atoms with van der Waals surface area (Å²) in [5.74, 6) is -1.25. The van der Waals surface area contributed by atoms with E-state index < -0.39 is 29.7 Å². The molecule has 29 heavy (non-hydrogen) atoms. The largest absolute Gasteiger partial charge is 0.467 e. The molecule has 0 radical (unpaired) electrons. The van der Waals surface area contributed by atoms with E-state index in [9.17, 15) is 22.8 Å². The Labute approximate surface area is 165 Å². The van der Waals surface area contributed by atoms with Crippen LogP contribution in [-0.4, -0.2) is 25.0 Å². The first kappa shape index (κ1) is 20.4. The number of nitrogens with one attached hydrogen (secondary N) is 1. The second-order valence-corrected chi connectivity index (χ2v) is 6.51. The van der Waals surface area contributed by atoms with E-state index in [1.807, 2.05) is 24.3 Å². The summed E-state index contributed by atoms with van der Waals surface area (Å²) in [6.07, 6.45) is -4.62. The third kappa shape index (κ3) is 4.93. The number of benzene rings is 3. The summed E-state index contributed by atoms with van der Waals surface area (Å²) in [5.41, 5.74) is -0.227. The SMILES string of the molecule is COC(=O)[C@@H](Cc1cccc(C(F)(F)F)c1)NC(=O)c1ccc2ccccc2c1. The number of ether oxygens (including phenoxy) is 1. The van der Waals surface area contributed by atoms with Crippen LogP contribution in [-0.2, 0) is 22.1 Å². The maximum absolute atomic E-state index is 12.9. The highest BCUT2D eigenvalue weighted by molar-refractivity contribution is 6.00. The van der Waals surface area contributed by atoms with Gasteiger partial charge in [0.2, 0.25) is 0 Å². The lowest BCUT2D eigenvalue weighted by Crippen LogP contribution is -2.43. The fraction of sp³-hybridized carbons (Fsp3) is 0.182. The van der Waals surface area contributed by atoms with Crippen molar-refractivity contribution in [2.24, 2.45) is 0 Å². The molecule has 1 amide bonds. The minimum atomic E-state index is -4.49. The monoisotopic (exact) mass is 401 g/mol. The van der Waals surface area contributed by atoms with Crippen LogP contribution in [0.15, 0.2) is 66.7 Å². The minimum Gasteiger partial charge on any atom is -0.467 e. The van der Waals surface area contributed by atoms with Crippen LogP contribution < -0.4 is 5.32 Å². The van der Waals surface area contributed by atoms with Crippen molar-refractivity contribution < 1.29 is 27.5 Å². The molecule has 0 aliphatic heterocycles. The number of amides is 1. The van der Waals surface area contributed by atoms with Crippen molar-refractivity contribution in [2.45, 2.75) is 18.6 Å². The number of alkyl halides is 3. The summed E-state index contributed by atoms with van der Waals surface area (Å²) in [7, 11) is 1.16. The van der Waals surface area contributed by atoms with Crippen molar-refractivity contribution in [3.63, 3.8) is 0 Å². The van der Waals surface area contributed by atoms with Crippen molar-refractivity contribution in [3.05, 3.63) is 83.4 Å². The van der Waals surface area contributed by atoms with Gasteiger partial charge in [-0.1, -0.05) is 48.5 Å². The van der Waals surface area contributed by atoms with Crippen LogP contribution in [0.5, 0.6) is 0 Å². The molecule has 0 saturated carbocycles. The Morgan fingerprint density at radius 3 is 2.38 bits per heavy atom. The molecule has 0 aliphatic rings. The minimum absolute atomic E-state index is 0.129. The predicted octanol–water partition coefficient (Wildman–Crippen LogP) is 4.37. The molecule has 3 aromatic rings. The Hall–Kier alpha value is -3.35. The second-order valence-electron chi connectivity index (χ2n) is 6.51. The van der Waals surface area contributed by atoms with Gasteiger partial charge in [0.25, 0.3) is 5.91 Å². The fourth-order valence-corrected chi connectivity index (χ4v) is 3.02. The van der Waals surface area contributed by atoms with Gasteiger partial charge in [0.15, 0.2) is 0 Å². The van der Waals surface area contributed by atoms with Gasteiger partial charge in [0.1, 0.15) is 6.04 Å². The second kappa shape index (κ2) is 8.34. The lowest BCUT2D eigenvalue weighted by atomic mass is 10.0. The lowest BCUT2D eigenvalue weighted by molar-refractivity contribution is -0.142. The van der Waals surface area contributed by atoms with Crippen molar-refractivity contribution in [1.29, 1.82) is 0 Å². The Morgan fingerprint density at radius 1 is 0.966 bits per heavy atom. The molecule has 0 aliphatic carbocycles. The molecule has 3 aromatic carbocycles. The summed E-state index contributed by atoms with van der Waals surface area (Å²) in [6.45, 7) is 0. The number of hydrogen-bond donors (Lipinski definition) is 1. The van der Waals surface area contributed by atoms with Crippen molar-refractivity contribution >= 4 is 22.6 Å². The number of rotatable bonds is 5. The van der Waals surface area contributed by atoms with Crippen LogP contribution in [0.4, 0.5) is 13.2 Å². The van der Waals surface area contributed by atoms with Gasteiger partial charge in [-0.25, -0.2) is 4.79 Å². The molecular formula is C22H18F3NO3. The zero-order valence-corrected chi connectivity index (χ0v) is 15.5. The molecule has 0 fully saturated rings. The molecule has 0 saturated heterocycles. The number of hydrogen-bond acceptors (Lipinski definition) is 3. The van der Waals surface area contributed by atoms with E-state index >= 15 is 0 Å². The van der Waals surface area contributed by atoms with Gasteiger partial charge in [0, 0.05) is 12.0 Å². The van der Waals surface area contributed by atoms with Crippen molar-refractivity contribution in [2.75, 3.05) is 7.11 Å². The summed E-state index contributed by atoms with van der Waals surface area (Å²) in [5, 5.41) is 4.37. The quantitative estimate of drug-likeness (QED) is 0.646. The highest BCUT2D eigenvalue weighted by atomic mass is 19.4. The summed E-state index contributed by atoms with van der Waals surface area (Å²) >= 11 is 0. The first-order valence-corrected chi connectivity index (χ1v) is 8.81. The first-order chi connectivity index (χ1) is 13.8. The van der Waals surface area contributed by atoms with E-state index in [-0.39, 0.29) is 12.0 Å². The number of halogens is 3. The smallest absolute Gasteiger partial charge is 0.416 e. The molecule has 150 valence electrons. The zero-order valence-electron chi connectivity index (χ0n) is 15.5. The Kier molecular flexibility index (Phi) is 5.87. The van der Waals surface area contributed by atoms with Crippen LogP contribution in [0.2, 0.25) is 0 Å². The molecular weight excluding hydrogens is 383 g/mol. The van der Waals surface area contributed by atoms with Gasteiger partial charge in [-0.2, -0.15) is 13.2 Å².